The van der Waals surface area contributed by atoms with Gasteiger partial charge in [-0.2, -0.15) is 0 Å². The van der Waals surface area contributed by atoms with Crippen LogP contribution in [0.3, 0.4) is 0 Å². The summed E-state index contributed by atoms with van der Waals surface area (Å²) in [6.45, 7) is 10.5. The van der Waals surface area contributed by atoms with Gasteiger partial charge in [0.2, 0.25) is 5.75 Å². The molecule has 1 atom stereocenters. The van der Waals surface area contributed by atoms with E-state index in [2.05, 4.69) is 31.0 Å². The van der Waals surface area contributed by atoms with Gasteiger partial charge < -0.3 is 24.4 Å². The SMILES string of the molecule is CCNC(=NCCc1ccc(OC)c(OC)c1OC)N1CCC(CC(C)C)C1.I. The van der Waals surface area contributed by atoms with Crippen LogP contribution in [0.5, 0.6) is 17.2 Å². The summed E-state index contributed by atoms with van der Waals surface area (Å²) in [6, 6.07) is 3.94. The highest BCUT2D eigenvalue weighted by molar-refractivity contribution is 14.0. The minimum atomic E-state index is 0. The van der Waals surface area contributed by atoms with Crippen LogP contribution in [0, 0.1) is 11.8 Å². The third-order valence-corrected chi connectivity index (χ3v) is 5.15. The highest BCUT2D eigenvalue weighted by atomic mass is 127. The number of likely N-dealkylation sites (tertiary alicyclic amines) is 1. The van der Waals surface area contributed by atoms with Gasteiger partial charge in [0.15, 0.2) is 17.5 Å². The van der Waals surface area contributed by atoms with Crippen molar-refractivity contribution in [3.63, 3.8) is 0 Å². The van der Waals surface area contributed by atoms with Crippen LogP contribution < -0.4 is 19.5 Å². The zero-order chi connectivity index (χ0) is 20.5. The van der Waals surface area contributed by atoms with Crippen molar-refractivity contribution < 1.29 is 14.2 Å². The molecule has 0 spiro atoms. The lowest BCUT2D eigenvalue weighted by Crippen LogP contribution is -2.40. The van der Waals surface area contributed by atoms with E-state index in [9.17, 15) is 0 Å². The number of hydrogen-bond donors (Lipinski definition) is 1. The number of nitrogens with zero attached hydrogens (tertiary/aromatic N) is 2. The number of ether oxygens (including phenoxy) is 3. The van der Waals surface area contributed by atoms with Crippen LogP contribution >= 0.6 is 24.0 Å². The maximum Gasteiger partial charge on any atom is 0.203 e. The van der Waals surface area contributed by atoms with Crippen LogP contribution in [0.4, 0.5) is 0 Å². The molecular formula is C22H38IN3O3. The van der Waals surface area contributed by atoms with Crippen molar-refractivity contribution in [2.45, 2.75) is 40.0 Å². The molecule has 7 heteroatoms. The Morgan fingerprint density at radius 3 is 2.48 bits per heavy atom. The molecule has 1 unspecified atom stereocenters. The first-order valence-electron chi connectivity index (χ1n) is 10.3. The minimum absolute atomic E-state index is 0. The van der Waals surface area contributed by atoms with Crippen molar-refractivity contribution in [2.75, 3.05) is 47.5 Å². The highest BCUT2D eigenvalue weighted by Gasteiger charge is 2.25. The Morgan fingerprint density at radius 2 is 1.90 bits per heavy atom. The van der Waals surface area contributed by atoms with Crippen molar-refractivity contribution in [2.24, 2.45) is 16.8 Å². The number of nitrogens with one attached hydrogen (secondary N) is 1. The molecule has 0 amide bonds. The van der Waals surface area contributed by atoms with Crippen LogP contribution in [-0.2, 0) is 6.42 Å². The Balaban J connectivity index is 0.00000420. The number of halogens is 1. The normalized spacial score (nSPS) is 16.6. The van der Waals surface area contributed by atoms with E-state index in [1.54, 1.807) is 21.3 Å². The van der Waals surface area contributed by atoms with Crippen molar-refractivity contribution >= 4 is 29.9 Å². The monoisotopic (exact) mass is 519 g/mol. The summed E-state index contributed by atoms with van der Waals surface area (Å²) in [6.07, 6.45) is 3.33. The van der Waals surface area contributed by atoms with Crippen LogP contribution in [0.25, 0.3) is 0 Å². The molecule has 0 aliphatic carbocycles. The lowest BCUT2D eigenvalue weighted by molar-refractivity contribution is 0.322. The van der Waals surface area contributed by atoms with Gasteiger partial charge in [-0.05, 0) is 44.1 Å². The summed E-state index contributed by atoms with van der Waals surface area (Å²) in [4.78, 5) is 7.29. The molecule has 1 N–H and O–H groups in total. The fourth-order valence-electron chi connectivity index (χ4n) is 3.95. The van der Waals surface area contributed by atoms with Crippen LogP contribution in [-0.4, -0.2) is 58.4 Å². The number of benzene rings is 1. The first-order chi connectivity index (χ1) is 13.5. The van der Waals surface area contributed by atoms with Gasteiger partial charge in [-0.3, -0.25) is 4.99 Å². The molecule has 1 aliphatic rings. The smallest absolute Gasteiger partial charge is 0.203 e. The summed E-state index contributed by atoms with van der Waals surface area (Å²) in [5.74, 6) is 4.58. The van der Waals surface area contributed by atoms with E-state index in [1.807, 2.05) is 12.1 Å². The quantitative estimate of drug-likeness (QED) is 0.301. The Kier molecular flexibility index (Phi) is 11.5. The van der Waals surface area contributed by atoms with Gasteiger partial charge in [0.05, 0.1) is 21.3 Å². The number of rotatable bonds is 9. The average molecular weight is 519 g/mol. The molecule has 1 aromatic rings. The zero-order valence-corrected chi connectivity index (χ0v) is 21.1. The number of aliphatic imine (C=N–C) groups is 1. The maximum absolute atomic E-state index is 5.59. The lowest BCUT2D eigenvalue weighted by Gasteiger charge is -2.22. The topological polar surface area (TPSA) is 55.3 Å². The molecule has 6 nitrogen and oxygen atoms in total. The third-order valence-electron chi connectivity index (χ3n) is 5.15. The van der Waals surface area contributed by atoms with Gasteiger partial charge in [-0.25, -0.2) is 0 Å². The number of methoxy groups -OCH3 is 3. The van der Waals surface area contributed by atoms with E-state index < -0.39 is 0 Å². The Labute approximate surface area is 193 Å². The molecule has 0 radical (unpaired) electrons. The fourth-order valence-corrected chi connectivity index (χ4v) is 3.95. The summed E-state index contributed by atoms with van der Waals surface area (Å²) < 4.78 is 16.4. The second-order valence-corrected chi connectivity index (χ2v) is 7.71. The van der Waals surface area contributed by atoms with Gasteiger partial charge in [0, 0.05) is 31.7 Å². The van der Waals surface area contributed by atoms with Crippen molar-refractivity contribution in [3.8, 4) is 17.2 Å². The molecule has 1 saturated heterocycles. The molecule has 0 bridgehead atoms. The molecule has 2 rings (SSSR count). The Hall–Kier alpha value is -1.38. The van der Waals surface area contributed by atoms with Gasteiger partial charge in [0.25, 0.3) is 0 Å². The molecular weight excluding hydrogens is 481 g/mol. The Morgan fingerprint density at radius 1 is 1.17 bits per heavy atom. The molecule has 166 valence electrons. The molecule has 0 saturated carbocycles. The summed E-state index contributed by atoms with van der Waals surface area (Å²) in [5, 5.41) is 3.45. The largest absolute Gasteiger partial charge is 0.493 e. The van der Waals surface area contributed by atoms with E-state index in [0.29, 0.717) is 18.0 Å². The molecule has 0 aromatic heterocycles. The summed E-state index contributed by atoms with van der Waals surface area (Å²) >= 11 is 0. The summed E-state index contributed by atoms with van der Waals surface area (Å²) in [5.41, 5.74) is 1.07. The van der Waals surface area contributed by atoms with E-state index in [0.717, 1.165) is 55.2 Å². The van der Waals surface area contributed by atoms with Crippen LogP contribution in [0.1, 0.15) is 39.2 Å². The third kappa shape index (κ3) is 7.12. The second-order valence-electron chi connectivity index (χ2n) is 7.71. The van der Waals surface area contributed by atoms with Crippen LogP contribution in [0.2, 0.25) is 0 Å². The standard InChI is InChI=1S/C22H37N3O3.HI/c1-7-23-22(25-13-11-17(15-25)14-16(2)3)24-12-10-18-8-9-19(26-4)21(28-6)20(18)27-5;/h8-9,16-17H,7,10-15H2,1-6H3,(H,23,24);1H. The molecule has 1 aliphatic heterocycles. The predicted molar refractivity (Wildman–Crippen MR) is 130 cm³/mol. The van der Waals surface area contributed by atoms with Gasteiger partial charge in [0.1, 0.15) is 0 Å². The van der Waals surface area contributed by atoms with Gasteiger partial charge in [-0.15, -0.1) is 24.0 Å². The molecule has 1 heterocycles. The lowest BCUT2D eigenvalue weighted by atomic mass is 9.97. The minimum Gasteiger partial charge on any atom is -0.493 e. The highest BCUT2D eigenvalue weighted by Crippen LogP contribution is 2.39. The first kappa shape index (κ1) is 25.7. The molecule has 1 fully saturated rings. The number of hydrogen-bond acceptors (Lipinski definition) is 4. The van der Waals surface area contributed by atoms with Crippen molar-refractivity contribution in [1.82, 2.24) is 10.2 Å². The van der Waals surface area contributed by atoms with Gasteiger partial charge >= 0.3 is 0 Å². The Bertz CT molecular complexity index is 652. The first-order valence-corrected chi connectivity index (χ1v) is 10.3. The van der Waals surface area contributed by atoms with E-state index in [4.69, 9.17) is 19.2 Å². The average Bonchev–Trinajstić information content (AvgIpc) is 3.14. The van der Waals surface area contributed by atoms with E-state index in [-0.39, 0.29) is 24.0 Å². The van der Waals surface area contributed by atoms with Crippen molar-refractivity contribution in [3.05, 3.63) is 17.7 Å². The predicted octanol–water partition coefficient (Wildman–Crippen LogP) is 4.21. The maximum atomic E-state index is 5.59. The van der Waals surface area contributed by atoms with Crippen LogP contribution in [0.15, 0.2) is 17.1 Å². The second kappa shape index (κ2) is 13.0. The van der Waals surface area contributed by atoms with E-state index in [1.165, 1.54) is 12.8 Å². The summed E-state index contributed by atoms with van der Waals surface area (Å²) in [7, 11) is 4.92. The molecule has 29 heavy (non-hydrogen) atoms. The number of guanidine groups is 1. The fraction of sp³-hybridized carbons (Fsp3) is 0.682. The zero-order valence-electron chi connectivity index (χ0n) is 18.8. The molecule has 1 aromatic carbocycles. The van der Waals surface area contributed by atoms with Gasteiger partial charge in [-0.1, -0.05) is 19.9 Å². The van der Waals surface area contributed by atoms with E-state index >= 15 is 0 Å². The van der Waals surface area contributed by atoms with Crippen molar-refractivity contribution in [1.29, 1.82) is 0 Å².